The number of aliphatic hydroxyl groups is 3. The van der Waals surface area contributed by atoms with Gasteiger partial charge in [-0.3, -0.25) is 4.79 Å². The van der Waals surface area contributed by atoms with Gasteiger partial charge in [0.25, 0.3) is 0 Å². The Hall–Kier alpha value is -0.980. The van der Waals surface area contributed by atoms with Gasteiger partial charge in [0.2, 0.25) is 11.4 Å². The third-order valence-electron chi connectivity index (χ3n) is 5.13. The lowest BCUT2D eigenvalue weighted by atomic mass is 9.88. The summed E-state index contributed by atoms with van der Waals surface area (Å²) in [5.74, 6) is -2.91. The van der Waals surface area contributed by atoms with Crippen molar-refractivity contribution in [2.45, 2.75) is 115 Å². The van der Waals surface area contributed by atoms with E-state index in [2.05, 4.69) is 6.92 Å². The number of carboxylic acid groups (broad SMARTS) is 1. The number of carboxylic acids is 1. The van der Waals surface area contributed by atoms with Gasteiger partial charge in [-0.2, -0.15) is 0 Å². The van der Waals surface area contributed by atoms with E-state index in [0.717, 1.165) is 25.7 Å². The molecule has 0 bridgehead atoms. The van der Waals surface area contributed by atoms with Crippen LogP contribution in [0.1, 0.15) is 103 Å². The van der Waals surface area contributed by atoms with Crippen LogP contribution in [-0.4, -0.2) is 50.5 Å². The maximum absolute atomic E-state index is 11.8. The van der Waals surface area contributed by atoms with Gasteiger partial charge in [0, 0.05) is 0 Å². The average molecular weight is 389 g/mol. The smallest absolute Gasteiger partial charge is 0.343 e. The Labute approximate surface area is 164 Å². The number of unbranched alkanes of at least 4 members (excludes halogenated alkanes) is 13. The number of Topliss-reactive ketones (excluding diaryl/α,β-unsaturated/α-hetero) is 1. The van der Waals surface area contributed by atoms with Gasteiger partial charge >= 0.3 is 5.97 Å². The Morgan fingerprint density at radius 3 is 1.48 bits per heavy atom. The summed E-state index contributed by atoms with van der Waals surface area (Å²) in [6.45, 7) is 1.33. The predicted octanol–water partition coefficient (Wildman–Crippen LogP) is 3.60. The van der Waals surface area contributed by atoms with Crippen molar-refractivity contribution in [3.63, 3.8) is 0 Å². The minimum Gasteiger partial charge on any atom is -0.479 e. The molecule has 0 aliphatic heterocycles. The zero-order valence-corrected chi connectivity index (χ0v) is 17.0. The SMILES string of the molecule is CCCCCCCCCCCCCCCCC(O)(C(=O)O)C(=O)C(O)CO. The van der Waals surface area contributed by atoms with E-state index in [9.17, 15) is 19.8 Å². The minimum absolute atomic E-state index is 0.240. The topological polar surface area (TPSA) is 115 Å². The standard InChI is InChI=1S/C21H40O6/c1-2-3-4-5-6-7-8-9-10-11-12-13-14-15-16-21(27,20(25)26)19(24)18(23)17-22/h18,22-23,27H,2-17H2,1H3,(H,25,26). The van der Waals surface area contributed by atoms with Gasteiger partial charge < -0.3 is 20.4 Å². The van der Waals surface area contributed by atoms with E-state index in [4.69, 9.17) is 10.2 Å². The molecule has 0 spiro atoms. The number of carbonyl (C=O) groups excluding carboxylic acids is 1. The van der Waals surface area contributed by atoms with Crippen molar-refractivity contribution < 1.29 is 30.0 Å². The number of carbonyl (C=O) groups is 2. The van der Waals surface area contributed by atoms with Crippen LogP contribution >= 0.6 is 0 Å². The van der Waals surface area contributed by atoms with Crippen LogP contribution < -0.4 is 0 Å². The molecule has 0 aliphatic rings. The van der Waals surface area contributed by atoms with Crippen molar-refractivity contribution in [3.05, 3.63) is 0 Å². The fourth-order valence-corrected chi connectivity index (χ4v) is 3.27. The zero-order chi connectivity index (χ0) is 20.5. The fourth-order valence-electron chi connectivity index (χ4n) is 3.27. The number of ketones is 1. The number of hydrogen-bond acceptors (Lipinski definition) is 5. The Balaban J connectivity index is 3.69. The number of aliphatic carboxylic acids is 1. The fraction of sp³-hybridized carbons (Fsp3) is 0.905. The summed E-state index contributed by atoms with van der Waals surface area (Å²) in [5.41, 5.74) is -2.61. The number of rotatable bonds is 19. The molecule has 0 aromatic rings. The molecule has 6 nitrogen and oxygen atoms in total. The lowest BCUT2D eigenvalue weighted by molar-refractivity contribution is -0.170. The van der Waals surface area contributed by atoms with Crippen LogP contribution in [-0.2, 0) is 9.59 Å². The molecule has 2 atom stereocenters. The van der Waals surface area contributed by atoms with E-state index in [1.54, 1.807) is 0 Å². The third kappa shape index (κ3) is 11.5. The first-order valence-corrected chi connectivity index (χ1v) is 10.7. The molecule has 6 heteroatoms. The van der Waals surface area contributed by atoms with Gasteiger partial charge in [-0.05, 0) is 12.8 Å². The van der Waals surface area contributed by atoms with Crippen molar-refractivity contribution in [2.75, 3.05) is 6.61 Å². The van der Waals surface area contributed by atoms with E-state index < -0.39 is 30.1 Å². The van der Waals surface area contributed by atoms with E-state index >= 15 is 0 Å². The van der Waals surface area contributed by atoms with Crippen molar-refractivity contribution in [2.24, 2.45) is 0 Å². The summed E-state index contributed by atoms with van der Waals surface area (Å²) in [6.07, 6.45) is 14.0. The van der Waals surface area contributed by atoms with Gasteiger partial charge in [0.05, 0.1) is 6.61 Å². The van der Waals surface area contributed by atoms with Crippen LogP contribution in [0, 0.1) is 0 Å². The minimum atomic E-state index is -2.61. The van der Waals surface area contributed by atoms with Gasteiger partial charge in [0.1, 0.15) is 6.10 Å². The molecule has 0 heterocycles. The molecule has 0 aromatic heterocycles. The quantitative estimate of drug-likeness (QED) is 0.198. The van der Waals surface area contributed by atoms with Crippen LogP contribution in [0.3, 0.4) is 0 Å². The summed E-state index contributed by atoms with van der Waals surface area (Å²) in [5, 5.41) is 37.2. The molecule has 0 amide bonds. The monoisotopic (exact) mass is 388 g/mol. The normalized spacial score (nSPS) is 14.7. The molecule has 0 radical (unpaired) electrons. The third-order valence-corrected chi connectivity index (χ3v) is 5.13. The molecule has 0 fully saturated rings. The second-order valence-corrected chi connectivity index (χ2v) is 7.57. The maximum atomic E-state index is 11.8. The largest absolute Gasteiger partial charge is 0.479 e. The van der Waals surface area contributed by atoms with Crippen LogP contribution in [0.25, 0.3) is 0 Å². The Morgan fingerprint density at radius 1 is 0.778 bits per heavy atom. The highest BCUT2D eigenvalue weighted by atomic mass is 16.4. The molecule has 2 unspecified atom stereocenters. The highest BCUT2D eigenvalue weighted by molar-refractivity contribution is 6.08. The maximum Gasteiger partial charge on any atom is 0.343 e. The second-order valence-electron chi connectivity index (χ2n) is 7.57. The van der Waals surface area contributed by atoms with Crippen molar-refractivity contribution in [3.8, 4) is 0 Å². The molecule has 0 rings (SSSR count). The van der Waals surface area contributed by atoms with Gasteiger partial charge in [-0.1, -0.05) is 90.4 Å². The summed E-state index contributed by atoms with van der Waals surface area (Å²) in [4.78, 5) is 22.9. The van der Waals surface area contributed by atoms with Gasteiger partial charge in [-0.25, -0.2) is 4.79 Å². The Kier molecular flexibility index (Phi) is 15.4. The number of aliphatic hydroxyl groups excluding tert-OH is 2. The lowest BCUT2D eigenvalue weighted by Gasteiger charge is -2.23. The van der Waals surface area contributed by atoms with Crippen LogP contribution in [0.2, 0.25) is 0 Å². The summed E-state index contributed by atoms with van der Waals surface area (Å²) in [7, 11) is 0. The molecule has 0 aromatic carbocycles. The highest BCUT2D eigenvalue weighted by Gasteiger charge is 2.46. The summed E-state index contributed by atoms with van der Waals surface area (Å²) < 4.78 is 0. The zero-order valence-electron chi connectivity index (χ0n) is 17.0. The first-order chi connectivity index (χ1) is 12.9. The van der Waals surface area contributed by atoms with Gasteiger partial charge in [-0.15, -0.1) is 0 Å². The lowest BCUT2D eigenvalue weighted by Crippen LogP contribution is -2.52. The van der Waals surface area contributed by atoms with Crippen LogP contribution in [0.4, 0.5) is 0 Å². The van der Waals surface area contributed by atoms with Gasteiger partial charge in [0.15, 0.2) is 0 Å². The first kappa shape index (κ1) is 26.0. The first-order valence-electron chi connectivity index (χ1n) is 10.7. The van der Waals surface area contributed by atoms with Crippen molar-refractivity contribution >= 4 is 11.8 Å². The molecule has 0 saturated carbocycles. The molecule has 0 aliphatic carbocycles. The Bertz CT molecular complexity index is 398. The second kappa shape index (κ2) is 16.0. The highest BCUT2D eigenvalue weighted by Crippen LogP contribution is 2.20. The summed E-state index contributed by atoms with van der Waals surface area (Å²) >= 11 is 0. The van der Waals surface area contributed by atoms with Crippen molar-refractivity contribution in [1.82, 2.24) is 0 Å². The molecular formula is C21H40O6. The van der Waals surface area contributed by atoms with Crippen LogP contribution in [0.5, 0.6) is 0 Å². The van der Waals surface area contributed by atoms with E-state index in [-0.39, 0.29) is 6.42 Å². The molecule has 27 heavy (non-hydrogen) atoms. The molecule has 0 saturated heterocycles. The van der Waals surface area contributed by atoms with Crippen molar-refractivity contribution in [1.29, 1.82) is 0 Å². The van der Waals surface area contributed by atoms with E-state index in [0.29, 0.717) is 6.42 Å². The molecule has 4 N–H and O–H groups in total. The molecular weight excluding hydrogens is 348 g/mol. The average Bonchev–Trinajstić information content (AvgIpc) is 2.66. The predicted molar refractivity (Wildman–Crippen MR) is 106 cm³/mol. The van der Waals surface area contributed by atoms with Crippen LogP contribution in [0.15, 0.2) is 0 Å². The Morgan fingerprint density at radius 2 is 1.15 bits per heavy atom. The van der Waals surface area contributed by atoms with E-state index in [1.165, 1.54) is 57.8 Å². The summed E-state index contributed by atoms with van der Waals surface area (Å²) in [6, 6.07) is 0. The number of hydrogen-bond donors (Lipinski definition) is 4. The van der Waals surface area contributed by atoms with E-state index in [1.807, 2.05) is 0 Å². The molecule has 160 valence electrons.